The average Bonchev–Trinajstić information content (AvgIpc) is 2.59. The van der Waals surface area contributed by atoms with Gasteiger partial charge in [-0.05, 0) is 52.0 Å². The summed E-state index contributed by atoms with van der Waals surface area (Å²) in [5.74, 6) is -1.44. The van der Waals surface area contributed by atoms with E-state index in [4.69, 9.17) is 4.74 Å². The Balaban J connectivity index is 1.58. The highest BCUT2D eigenvalue weighted by Gasteiger charge is 2.52. The molecule has 26 heavy (non-hydrogen) atoms. The molecule has 0 aliphatic heterocycles. The number of nitrogens with one attached hydrogen (secondary N) is 1. The number of carboxylic acids is 1. The number of carbonyl (C=O) groups is 2. The summed E-state index contributed by atoms with van der Waals surface area (Å²) in [5, 5.41) is 12.3. The summed E-state index contributed by atoms with van der Waals surface area (Å²) in [7, 11) is 0. The van der Waals surface area contributed by atoms with Crippen molar-refractivity contribution >= 4 is 28.0 Å². The number of rotatable bonds is 5. The molecule has 2 aromatic rings. The van der Waals surface area contributed by atoms with Crippen LogP contribution >= 0.6 is 15.9 Å². The van der Waals surface area contributed by atoms with Gasteiger partial charge >= 0.3 is 12.1 Å². The van der Waals surface area contributed by atoms with Crippen molar-refractivity contribution in [2.24, 2.45) is 0 Å². The molecule has 0 atom stereocenters. The highest BCUT2D eigenvalue weighted by molar-refractivity contribution is 9.10. The molecule has 1 saturated carbocycles. The van der Waals surface area contributed by atoms with E-state index in [9.17, 15) is 19.1 Å². The van der Waals surface area contributed by atoms with Gasteiger partial charge in [0.2, 0.25) is 0 Å². The van der Waals surface area contributed by atoms with Crippen LogP contribution < -0.4 is 5.32 Å². The molecule has 5 nitrogen and oxygen atoms in total. The van der Waals surface area contributed by atoms with Crippen LogP contribution in [0.5, 0.6) is 0 Å². The van der Waals surface area contributed by atoms with E-state index >= 15 is 0 Å². The van der Waals surface area contributed by atoms with Gasteiger partial charge in [-0.2, -0.15) is 0 Å². The van der Waals surface area contributed by atoms with Gasteiger partial charge in [0.1, 0.15) is 12.4 Å². The van der Waals surface area contributed by atoms with Crippen molar-refractivity contribution in [1.82, 2.24) is 5.32 Å². The second kappa shape index (κ2) is 7.45. The molecule has 1 aliphatic carbocycles. The summed E-state index contributed by atoms with van der Waals surface area (Å²) < 4.78 is 18.8. The first-order valence-corrected chi connectivity index (χ1v) is 8.86. The summed E-state index contributed by atoms with van der Waals surface area (Å²) in [4.78, 5) is 23.7. The molecule has 0 bridgehead atoms. The Bertz CT molecular complexity index is 822. The van der Waals surface area contributed by atoms with Crippen LogP contribution in [0.4, 0.5) is 9.18 Å². The molecule has 3 rings (SSSR count). The Labute approximate surface area is 158 Å². The third-order valence-corrected chi connectivity index (χ3v) is 5.21. The summed E-state index contributed by atoms with van der Waals surface area (Å²) in [5.41, 5.74) is 0.245. The lowest BCUT2D eigenvalue weighted by molar-refractivity contribution is -0.148. The Morgan fingerprint density at radius 1 is 1.23 bits per heavy atom. The number of benzene rings is 2. The predicted octanol–water partition coefficient (Wildman–Crippen LogP) is 4.00. The molecule has 1 fully saturated rings. The monoisotopic (exact) mass is 421 g/mol. The first kappa shape index (κ1) is 18.4. The van der Waals surface area contributed by atoms with E-state index in [-0.39, 0.29) is 30.0 Å². The minimum absolute atomic E-state index is 0.147. The van der Waals surface area contributed by atoms with Gasteiger partial charge in [0.15, 0.2) is 0 Å². The average molecular weight is 422 g/mol. The molecule has 136 valence electrons. The molecule has 0 aromatic heterocycles. The highest BCUT2D eigenvalue weighted by atomic mass is 79.9. The molecular weight excluding hydrogens is 405 g/mol. The molecule has 2 aromatic carbocycles. The van der Waals surface area contributed by atoms with E-state index in [1.165, 1.54) is 18.2 Å². The van der Waals surface area contributed by atoms with E-state index in [2.05, 4.69) is 21.2 Å². The van der Waals surface area contributed by atoms with Crippen LogP contribution in [-0.2, 0) is 21.6 Å². The van der Waals surface area contributed by atoms with Crippen molar-refractivity contribution in [1.29, 1.82) is 0 Å². The number of ether oxygens (including phenoxy) is 1. The van der Waals surface area contributed by atoms with Crippen molar-refractivity contribution in [3.05, 3.63) is 69.9 Å². The molecule has 0 unspecified atom stereocenters. The highest BCUT2D eigenvalue weighted by Crippen LogP contribution is 2.45. The fourth-order valence-electron chi connectivity index (χ4n) is 3.14. The third-order valence-electron chi connectivity index (χ3n) is 4.61. The zero-order chi connectivity index (χ0) is 18.7. The fourth-order valence-corrected chi connectivity index (χ4v) is 3.52. The summed E-state index contributed by atoms with van der Waals surface area (Å²) in [6.07, 6.45) is -0.139. The quantitative estimate of drug-likeness (QED) is 0.764. The molecular formula is C19H17BrFNO4. The number of hydrogen-bond acceptors (Lipinski definition) is 3. The lowest BCUT2D eigenvalue weighted by Crippen LogP contribution is -2.57. The number of carboxylic acid groups (broad SMARTS) is 1. The fraction of sp³-hybridized carbons (Fsp3) is 0.263. The van der Waals surface area contributed by atoms with E-state index < -0.39 is 23.3 Å². The Morgan fingerprint density at radius 2 is 1.92 bits per heavy atom. The molecule has 7 heteroatoms. The third kappa shape index (κ3) is 3.72. The first-order chi connectivity index (χ1) is 12.4. The predicted molar refractivity (Wildman–Crippen MR) is 96.2 cm³/mol. The number of hydrogen-bond donors (Lipinski definition) is 2. The maximum absolute atomic E-state index is 13.4. The van der Waals surface area contributed by atoms with Crippen LogP contribution in [0.25, 0.3) is 0 Å². The van der Waals surface area contributed by atoms with Crippen LogP contribution in [0.3, 0.4) is 0 Å². The first-order valence-electron chi connectivity index (χ1n) is 8.07. The van der Waals surface area contributed by atoms with Crippen molar-refractivity contribution < 1.29 is 23.8 Å². The van der Waals surface area contributed by atoms with Gasteiger partial charge in [0.25, 0.3) is 0 Å². The van der Waals surface area contributed by atoms with E-state index in [1.807, 2.05) is 30.3 Å². The van der Waals surface area contributed by atoms with Crippen molar-refractivity contribution in [3.8, 4) is 0 Å². The number of aliphatic carboxylic acids is 1. The van der Waals surface area contributed by atoms with Gasteiger partial charge in [0, 0.05) is 6.04 Å². The zero-order valence-corrected chi connectivity index (χ0v) is 15.3. The van der Waals surface area contributed by atoms with Gasteiger partial charge < -0.3 is 15.2 Å². The summed E-state index contributed by atoms with van der Waals surface area (Å²) >= 11 is 3.08. The second-order valence-electron chi connectivity index (χ2n) is 6.33. The number of halogens is 2. The van der Waals surface area contributed by atoms with Crippen LogP contribution in [0.2, 0.25) is 0 Å². The van der Waals surface area contributed by atoms with Crippen molar-refractivity contribution in [2.45, 2.75) is 30.9 Å². The molecule has 2 N–H and O–H groups in total. The maximum atomic E-state index is 13.4. The van der Waals surface area contributed by atoms with Gasteiger partial charge in [-0.25, -0.2) is 9.18 Å². The molecule has 0 saturated heterocycles. The van der Waals surface area contributed by atoms with Crippen LogP contribution in [0.15, 0.2) is 53.0 Å². The van der Waals surface area contributed by atoms with E-state index in [0.29, 0.717) is 5.56 Å². The van der Waals surface area contributed by atoms with Crippen LogP contribution in [0.1, 0.15) is 24.0 Å². The number of alkyl carbamates (subject to hydrolysis) is 1. The van der Waals surface area contributed by atoms with Gasteiger partial charge in [0.05, 0.1) is 9.89 Å². The van der Waals surface area contributed by atoms with Crippen molar-refractivity contribution in [3.63, 3.8) is 0 Å². The maximum Gasteiger partial charge on any atom is 0.407 e. The van der Waals surface area contributed by atoms with Crippen LogP contribution in [-0.4, -0.2) is 23.2 Å². The Kier molecular flexibility index (Phi) is 5.27. The molecule has 0 radical (unpaired) electrons. The van der Waals surface area contributed by atoms with Gasteiger partial charge in [-0.3, -0.25) is 4.79 Å². The summed E-state index contributed by atoms with van der Waals surface area (Å²) in [6.45, 7) is 0.147. The Morgan fingerprint density at radius 3 is 2.54 bits per heavy atom. The Hall–Kier alpha value is -2.41. The standard InChI is InChI=1S/C19H17BrFNO4/c20-15-8-13(6-7-16(15)21)19(17(23)24)9-14(10-19)22-18(25)26-11-12-4-2-1-3-5-12/h1-8,14H,9-11H2,(H,22,25)(H,23,24). The number of amides is 1. The largest absolute Gasteiger partial charge is 0.481 e. The summed E-state index contributed by atoms with van der Waals surface area (Å²) in [6, 6.07) is 13.1. The molecule has 1 amide bonds. The minimum atomic E-state index is -1.13. The number of carbonyl (C=O) groups excluding carboxylic acids is 1. The SMILES string of the molecule is O=C(NC1CC(C(=O)O)(c2ccc(F)c(Br)c2)C1)OCc1ccccc1. The molecule has 0 heterocycles. The second-order valence-corrected chi connectivity index (χ2v) is 7.18. The lowest BCUT2D eigenvalue weighted by atomic mass is 9.61. The molecule has 0 spiro atoms. The van der Waals surface area contributed by atoms with Gasteiger partial charge in [-0.15, -0.1) is 0 Å². The lowest BCUT2D eigenvalue weighted by Gasteiger charge is -2.44. The van der Waals surface area contributed by atoms with E-state index in [1.54, 1.807) is 0 Å². The topological polar surface area (TPSA) is 75.6 Å². The molecule has 1 aliphatic rings. The minimum Gasteiger partial charge on any atom is -0.481 e. The zero-order valence-electron chi connectivity index (χ0n) is 13.7. The van der Waals surface area contributed by atoms with Crippen molar-refractivity contribution in [2.75, 3.05) is 0 Å². The smallest absolute Gasteiger partial charge is 0.407 e. The normalized spacial score (nSPS) is 21.5. The van der Waals surface area contributed by atoms with E-state index in [0.717, 1.165) is 5.56 Å². The van der Waals surface area contributed by atoms with Gasteiger partial charge in [-0.1, -0.05) is 36.4 Å². The van der Waals surface area contributed by atoms with Crippen LogP contribution in [0, 0.1) is 5.82 Å².